The van der Waals surface area contributed by atoms with Crippen LogP contribution in [0.25, 0.3) is 5.69 Å². The van der Waals surface area contributed by atoms with Crippen molar-refractivity contribution in [2.75, 3.05) is 13.1 Å². The highest BCUT2D eigenvalue weighted by Crippen LogP contribution is 2.30. The Morgan fingerprint density at radius 3 is 2.88 bits per heavy atom. The zero-order chi connectivity index (χ0) is 16.7. The van der Waals surface area contributed by atoms with Gasteiger partial charge in [-0.2, -0.15) is 5.10 Å². The van der Waals surface area contributed by atoms with Crippen LogP contribution in [0.3, 0.4) is 0 Å². The molecule has 0 saturated carbocycles. The van der Waals surface area contributed by atoms with Crippen LogP contribution in [-0.2, 0) is 0 Å². The summed E-state index contributed by atoms with van der Waals surface area (Å²) in [6, 6.07) is 7.03. The minimum atomic E-state index is -0.346. The summed E-state index contributed by atoms with van der Waals surface area (Å²) in [7, 11) is 0. The van der Waals surface area contributed by atoms with Crippen LogP contribution in [0.15, 0.2) is 30.5 Å². The minimum Gasteiger partial charge on any atom is -0.331 e. The van der Waals surface area contributed by atoms with Crippen LogP contribution >= 0.6 is 0 Å². The number of halogens is 1. The van der Waals surface area contributed by atoms with Crippen molar-refractivity contribution in [1.82, 2.24) is 20.0 Å². The van der Waals surface area contributed by atoms with E-state index >= 15 is 0 Å². The molecule has 126 valence electrons. The third-order valence-corrected chi connectivity index (χ3v) is 5.21. The normalized spacial score (nSPS) is 23.3. The molecule has 2 aliphatic heterocycles. The topological polar surface area (TPSA) is 50.2 Å². The summed E-state index contributed by atoms with van der Waals surface area (Å²) in [4.78, 5) is 15.1. The van der Waals surface area contributed by atoms with Gasteiger partial charge in [-0.3, -0.25) is 4.79 Å². The van der Waals surface area contributed by atoms with Gasteiger partial charge in [0.2, 0.25) is 0 Å². The van der Waals surface area contributed by atoms with Crippen LogP contribution in [0.5, 0.6) is 0 Å². The first-order valence-electron chi connectivity index (χ1n) is 8.49. The molecule has 0 aliphatic carbocycles. The van der Waals surface area contributed by atoms with Crippen molar-refractivity contribution < 1.29 is 9.18 Å². The number of nitrogens with one attached hydrogen (secondary N) is 1. The lowest BCUT2D eigenvalue weighted by Crippen LogP contribution is -2.42. The third-order valence-electron chi connectivity index (χ3n) is 5.21. The van der Waals surface area contributed by atoms with Gasteiger partial charge in [-0.1, -0.05) is 12.1 Å². The molecule has 1 amide bonds. The van der Waals surface area contributed by atoms with Crippen molar-refractivity contribution in [3.8, 4) is 5.69 Å². The van der Waals surface area contributed by atoms with Crippen molar-refractivity contribution in [3.63, 3.8) is 0 Å². The monoisotopic (exact) mass is 328 g/mol. The van der Waals surface area contributed by atoms with E-state index < -0.39 is 0 Å². The number of hydrogen-bond acceptors (Lipinski definition) is 3. The molecule has 1 N–H and O–H groups in total. The molecule has 2 bridgehead atoms. The molecule has 0 spiro atoms. The summed E-state index contributed by atoms with van der Waals surface area (Å²) in [5.41, 5.74) is 1.62. The number of hydrogen-bond donors (Lipinski definition) is 1. The molecule has 1 aromatic carbocycles. The van der Waals surface area contributed by atoms with Gasteiger partial charge >= 0.3 is 0 Å². The average molecular weight is 328 g/mol. The van der Waals surface area contributed by atoms with Gasteiger partial charge in [0.05, 0.1) is 17.5 Å². The fourth-order valence-corrected chi connectivity index (χ4v) is 3.94. The molecule has 5 nitrogen and oxygen atoms in total. The van der Waals surface area contributed by atoms with Gasteiger partial charge < -0.3 is 10.2 Å². The lowest BCUT2D eigenvalue weighted by Gasteiger charge is -2.27. The molecule has 3 heterocycles. The van der Waals surface area contributed by atoms with E-state index in [2.05, 4.69) is 10.4 Å². The standard InChI is InChI=1S/C18H21FN4O/c1-12-15(11-21-23(12)17-5-3-2-4-16(17)19)18(24)22-13-6-7-14(22)10-20-9-8-13/h2-5,11,13-14,20H,6-10H2,1H3. The molecule has 2 atom stereocenters. The van der Waals surface area contributed by atoms with Crippen molar-refractivity contribution in [2.45, 2.75) is 38.3 Å². The molecule has 0 radical (unpaired) electrons. The van der Waals surface area contributed by atoms with Gasteiger partial charge in [0, 0.05) is 18.6 Å². The Kier molecular flexibility index (Phi) is 3.84. The Labute approximate surface area is 140 Å². The van der Waals surface area contributed by atoms with Crippen molar-refractivity contribution in [2.24, 2.45) is 0 Å². The first-order valence-corrected chi connectivity index (χ1v) is 8.49. The van der Waals surface area contributed by atoms with Crippen LogP contribution in [0.4, 0.5) is 4.39 Å². The number of benzene rings is 1. The number of carbonyl (C=O) groups is 1. The van der Waals surface area contributed by atoms with E-state index in [4.69, 9.17) is 0 Å². The quantitative estimate of drug-likeness (QED) is 0.920. The Morgan fingerprint density at radius 2 is 2.04 bits per heavy atom. The highest BCUT2D eigenvalue weighted by Gasteiger charge is 2.39. The van der Waals surface area contributed by atoms with E-state index in [1.54, 1.807) is 24.4 Å². The van der Waals surface area contributed by atoms with E-state index in [0.717, 1.165) is 32.4 Å². The predicted molar refractivity (Wildman–Crippen MR) is 88.7 cm³/mol. The number of nitrogens with zero attached hydrogens (tertiary/aromatic N) is 3. The van der Waals surface area contributed by atoms with Crippen LogP contribution in [-0.4, -0.2) is 45.8 Å². The Morgan fingerprint density at radius 1 is 1.25 bits per heavy atom. The molecular formula is C18H21FN4O. The summed E-state index contributed by atoms with van der Waals surface area (Å²) in [6.45, 7) is 3.63. The molecule has 24 heavy (non-hydrogen) atoms. The van der Waals surface area contributed by atoms with E-state index in [9.17, 15) is 9.18 Å². The first kappa shape index (κ1) is 15.3. The zero-order valence-corrected chi connectivity index (χ0v) is 13.7. The van der Waals surface area contributed by atoms with Crippen molar-refractivity contribution in [1.29, 1.82) is 0 Å². The zero-order valence-electron chi connectivity index (χ0n) is 13.7. The Hall–Kier alpha value is -2.21. The Balaban J connectivity index is 1.68. The highest BCUT2D eigenvalue weighted by molar-refractivity contribution is 5.96. The number of carbonyl (C=O) groups excluding carboxylic acids is 1. The molecule has 4 rings (SSSR count). The number of amides is 1. The van der Waals surface area contributed by atoms with E-state index in [-0.39, 0.29) is 17.8 Å². The van der Waals surface area contributed by atoms with Crippen LogP contribution in [0.1, 0.15) is 35.3 Å². The van der Waals surface area contributed by atoms with Gasteiger partial charge in [-0.05, 0) is 44.9 Å². The summed E-state index contributed by atoms with van der Waals surface area (Å²) in [6.07, 6.45) is 4.67. The summed E-state index contributed by atoms with van der Waals surface area (Å²) in [5.74, 6) is -0.326. The molecular weight excluding hydrogens is 307 g/mol. The molecule has 2 saturated heterocycles. The minimum absolute atomic E-state index is 0.0197. The molecule has 2 fully saturated rings. The Bertz CT molecular complexity index is 758. The maximum atomic E-state index is 14.0. The smallest absolute Gasteiger partial charge is 0.257 e. The van der Waals surface area contributed by atoms with Gasteiger partial charge in [0.1, 0.15) is 11.5 Å². The fourth-order valence-electron chi connectivity index (χ4n) is 3.94. The number of para-hydroxylation sites is 1. The summed E-state index contributed by atoms with van der Waals surface area (Å²) in [5, 5.41) is 7.67. The van der Waals surface area contributed by atoms with E-state index in [0.29, 0.717) is 23.0 Å². The average Bonchev–Trinajstić information content (AvgIpc) is 3.06. The second-order valence-electron chi connectivity index (χ2n) is 6.60. The van der Waals surface area contributed by atoms with Crippen LogP contribution in [0, 0.1) is 12.7 Å². The highest BCUT2D eigenvalue weighted by atomic mass is 19.1. The fraction of sp³-hybridized carbons (Fsp3) is 0.444. The maximum Gasteiger partial charge on any atom is 0.257 e. The largest absolute Gasteiger partial charge is 0.331 e. The maximum absolute atomic E-state index is 14.0. The van der Waals surface area contributed by atoms with Crippen molar-refractivity contribution in [3.05, 3.63) is 47.5 Å². The number of aromatic nitrogens is 2. The first-order chi connectivity index (χ1) is 11.7. The molecule has 1 aromatic heterocycles. The SMILES string of the molecule is Cc1c(C(=O)N2C3CCNCC2CC3)cnn1-c1ccccc1F. The van der Waals surface area contributed by atoms with Crippen LogP contribution in [0.2, 0.25) is 0 Å². The van der Waals surface area contributed by atoms with Gasteiger partial charge in [-0.25, -0.2) is 9.07 Å². The lowest BCUT2D eigenvalue weighted by molar-refractivity contribution is 0.0679. The molecule has 2 aliphatic rings. The van der Waals surface area contributed by atoms with E-state index in [1.165, 1.54) is 10.7 Å². The molecule has 2 aromatic rings. The van der Waals surface area contributed by atoms with Gasteiger partial charge in [0.25, 0.3) is 5.91 Å². The number of fused-ring (bicyclic) bond motifs is 2. The number of rotatable bonds is 2. The second-order valence-corrected chi connectivity index (χ2v) is 6.60. The van der Waals surface area contributed by atoms with Gasteiger partial charge in [-0.15, -0.1) is 0 Å². The summed E-state index contributed by atoms with van der Waals surface area (Å²) < 4.78 is 15.6. The van der Waals surface area contributed by atoms with Crippen molar-refractivity contribution >= 4 is 5.91 Å². The van der Waals surface area contributed by atoms with E-state index in [1.807, 2.05) is 11.8 Å². The lowest BCUT2D eigenvalue weighted by atomic mass is 10.1. The second kappa shape index (κ2) is 6.02. The predicted octanol–water partition coefficient (Wildman–Crippen LogP) is 2.29. The molecule has 6 heteroatoms. The van der Waals surface area contributed by atoms with Crippen LogP contribution < -0.4 is 5.32 Å². The molecule has 2 unspecified atom stereocenters. The van der Waals surface area contributed by atoms with Gasteiger partial charge in [0.15, 0.2) is 0 Å². The summed E-state index contributed by atoms with van der Waals surface area (Å²) >= 11 is 0. The third kappa shape index (κ3) is 2.41.